The summed E-state index contributed by atoms with van der Waals surface area (Å²) in [5.41, 5.74) is -0.163. The molecule has 0 saturated heterocycles. The summed E-state index contributed by atoms with van der Waals surface area (Å²) in [4.78, 5) is 14.6. The van der Waals surface area contributed by atoms with E-state index in [1.807, 2.05) is 0 Å². The van der Waals surface area contributed by atoms with Gasteiger partial charge in [-0.25, -0.2) is 18.2 Å². The van der Waals surface area contributed by atoms with Gasteiger partial charge in [0.25, 0.3) is 10.0 Å². The zero-order chi connectivity index (χ0) is 14.8. The van der Waals surface area contributed by atoms with Crippen molar-refractivity contribution in [3.8, 4) is 0 Å². The minimum absolute atomic E-state index is 0.0204. The Bertz CT molecular complexity index is 762. The smallest absolute Gasteiger partial charge is 0.337 e. The first kappa shape index (κ1) is 14.3. The third kappa shape index (κ3) is 3.06. The second-order valence-corrected chi connectivity index (χ2v) is 5.84. The average Bonchev–Trinajstić information content (AvgIpc) is 2.38. The Hall–Kier alpha value is -2.12. The first-order valence-electron chi connectivity index (χ1n) is 5.37. The van der Waals surface area contributed by atoms with Crippen LogP contribution >= 0.6 is 11.6 Å². The van der Waals surface area contributed by atoms with Crippen LogP contribution in [-0.4, -0.2) is 24.5 Å². The van der Waals surface area contributed by atoms with E-state index in [9.17, 15) is 13.2 Å². The number of sulfonamides is 1. The lowest BCUT2D eigenvalue weighted by Gasteiger charge is -2.10. The molecule has 2 rings (SSSR count). The maximum atomic E-state index is 12.1. The molecule has 2 aromatic rings. The number of hydrogen-bond acceptors (Lipinski definition) is 4. The highest BCUT2D eigenvalue weighted by atomic mass is 35.5. The molecule has 0 amide bonds. The van der Waals surface area contributed by atoms with Crippen LogP contribution in [0.15, 0.2) is 47.5 Å². The minimum Gasteiger partial charge on any atom is -0.478 e. The highest BCUT2D eigenvalue weighted by Gasteiger charge is 2.18. The minimum atomic E-state index is -3.93. The van der Waals surface area contributed by atoms with E-state index in [2.05, 4.69) is 9.71 Å². The Morgan fingerprint density at radius 3 is 2.60 bits per heavy atom. The van der Waals surface area contributed by atoms with Gasteiger partial charge in [-0.15, -0.1) is 0 Å². The van der Waals surface area contributed by atoms with Gasteiger partial charge in [-0.1, -0.05) is 23.7 Å². The molecule has 0 unspecified atom stereocenters. The third-order valence-corrected chi connectivity index (χ3v) is 3.98. The molecule has 1 aromatic carbocycles. The molecule has 8 heteroatoms. The molecule has 0 saturated carbocycles. The number of halogens is 1. The molecule has 0 spiro atoms. The van der Waals surface area contributed by atoms with E-state index < -0.39 is 16.0 Å². The fourth-order valence-electron chi connectivity index (χ4n) is 1.51. The SMILES string of the molecule is O=C(O)c1ccccc1NS(=O)(=O)c1ccnc(Cl)c1. The second-order valence-electron chi connectivity index (χ2n) is 3.77. The molecule has 1 aromatic heterocycles. The molecule has 6 nitrogen and oxygen atoms in total. The predicted molar refractivity (Wildman–Crippen MR) is 73.5 cm³/mol. The van der Waals surface area contributed by atoms with Gasteiger partial charge >= 0.3 is 5.97 Å². The number of carboxylic acids is 1. The van der Waals surface area contributed by atoms with E-state index in [0.29, 0.717) is 0 Å². The summed E-state index contributed by atoms with van der Waals surface area (Å²) in [5.74, 6) is -1.23. The number of benzene rings is 1. The van der Waals surface area contributed by atoms with Gasteiger partial charge in [0.05, 0.1) is 16.1 Å². The van der Waals surface area contributed by atoms with Crippen LogP contribution in [0.2, 0.25) is 5.15 Å². The van der Waals surface area contributed by atoms with Crippen LogP contribution in [0, 0.1) is 0 Å². The molecule has 20 heavy (non-hydrogen) atoms. The Morgan fingerprint density at radius 2 is 1.95 bits per heavy atom. The number of anilines is 1. The molecule has 0 aliphatic heterocycles. The van der Waals surface area contributed by atoms with Gasteiger partial charge in [0, 0.05) is 6.20 Å². The number of carbonyl (C=O) groups is 1. The highest BCUT2D eigenvalue weighted by molar-refractivity contribution is 7.92. The number of rotatable bonds is 4. The van der Waals surface area contributed by atoms with Crippen molar-refractivity contribution in [1.29, 1.82) is 0 Å². The van der Waals surface area contributed by atoms with Gasteiger partial charge in [-0.05, 0) is 24.3 Å². The quantitative estimate of drug-likeness (QED) is 0.844. The second kappa shape index (κ2) is 5.48. The fraction of sp³-hybridized carbons (Fsp3) is 0. The zero-order valence-electron chi connectivity index (χ0n) is 9.95. The summed E-state index contributed by atoms with van der Waals surface area (Å²) in [7, 11) is -3.93. The maximum absolute atomic E-state index is 12.1. The summed E-state index contributed by atoms with van der Waals surface area (Å²) in [6, 6.07) is 8.14. The lowest BCUT2D eigenvalue weighted by molar-refractivity contribution is 0.0698. The van der Waals surface area contributed by atoms with Gasteiger partial charge in [-0.2, -0.15) is 0 Å². The van der Waals surface area contributed by atoms with Crippen molar-refractivity contribution in [1.82, 2.24) is 4.98 Å². The van der Waals surface area contributed by atoms with Gasteiger partial charge in [0.15, 0.2) is 0 Å². The molecule has 0 bridgehead atoms. The number of aromatic nitrogens is 1. The van der Waals surface area contributed by atoms with Crippen LogP contribution in [0.5, 0.6) is 0 Å². The molecule has 2 N–H and O–H groups in total. The predicted octanol–water partition coefficient (Wildman–Crippen LogP) is 2.23. The van der Waals surface area contributed by atoms with Crippen molar-refractivity contribution in [2.75, 3.05) is 4.72 Å². The van der Waals surface area contributed by atoms with Crippen LogP contribution in [0.25, 0.3) is 0 Å². The van der Waals surface area contributed by atoms with Crippen molar-refractivity contribution >= 4 is 33.3 Å². The molecule has 1 heterocycles. The van der Waals surface area contributed by atoms with Crippen LogP contribution in [0.4, 0.5) is 5.69 Å². The first-order chi connectivity index (χ1) is 9.40. The van der Waals surface area contributed by atoms with Gasteiger partial charge in [0.1, 0.15) is 5.15 Å². The van der Waals surface area contributed by atoms with E-state index in [4.69, 9.17) is 16.7 Å². The molecule has 0 atom stereocenters. The lowest BCUT2D eigenvalue weighted by Crippen LogP contribution is -2.15. The van der Waals surface area contributed by atoms with Gasteiger partial charge in [0.2, 0.25) is 0 Å². The number of aromatic carboxylic acids is 1. The summed E-state index contributed by atoms with van der Waals surface area (Å²) < 4.78 is 26.5. The van der Waals surface area contributed by atoms with Crippen molar-refractivity contribution in [3.63, 3.8) is 0 Å². The average molecular weight is 313 g/mol. The Labute approximate surface area is 120 Å². The number of para-hydroxylation sites is 1. The number of pyridine rings is 1. The topological polar surface area (TPSA) is 96.4 Å². The van der Waals surface area contributed by atoms with E-state index in [0.717, 1.165) is 0 Å². The first-order valence-corrected chi connectivity index (χ1v) is 7.23. The monoisotopic (exact) mass is 312 g/mol. The summed E-state index contributed by atoms with van der Waals surface area (Å²) in [6.07, 6.45) is 1.25. The number of nitrogens with zero attached hydrogens (tertiary/aromatic N) is 1. The van der Waals surface area contributed by atoms with Crippen LogP contribution in [-0.2, 0) is 10.0 Å². The molecule has 0 aliphatic rings. The standard InChI is InChI=1S/C12H9ClN2O4S/c13-11-7-8(5-6-14-11)20(18,19)15-10-4-2-1-3-9(10)12(16)17/h1-7,15H,(H,16,17). The Balaban J connectivity index is 2.41. The van der Waals surface area contributed by atoms with E-state index in [1.165, 1.54) is 42.6 Å². The molecule has 0 radical (unpaired) electrons. The van der Waals surface area contributed by atoms with Crippen molar-refractivity contribution in [3.05, 3.63) is 53.3 Å². The Kier molecular flexibility index (Phi) is 3.91. The van der Waals surface area contributed by atoms with Crippen LogP contribution in [0.3, 0.4) is 0 Å². The largest absolute Gasteiger partial charge is 0.478 e. The Morgan fingerprint density at radius 1 is 1.25 bits per heavy atom. The zero-order valence-corrected chi connectivity index (χ0v) is 11.5. The number of nitrogens with one attached hydrogen (secondary N) is 1. The fourth-order valence-corrected chi connectivity index (χ4v) is 2.84. The van der Waals surface area contributed by atoms with E-state index in [-0.39, 0.29) is 21.3 Å². The number of hydrogen-bond donors (Lipinski definition) is 2. The normalized spacial score (nSPS) is 11.1. The molecule has 0 aliphatic carbocycles. The van der Waals surface area contributed by atoms with Crippen molar-refractivity contribution in [2.24, 2.45) is 0 Å². The summed E-state index contributed by atoms with van der Waals surface area (Å²) >= 11 is 5.64. The van der Waals surface area contributed by atoms with E-state index >= 15 is 0 Å². The highest BCUT2D eigenvalue weighted by Crippen LogP contribution is 2.21. The van der Waals surface area contributed by atoms with E-state index in [1.54, 1.807) is 0 Å². The number of carboxylic acid groups (broad SMARTS) is 1. The lowest BCUT2D eigenvalue weighted by atomic mass is 10.2. The molecule has 0 fully saturated rings. The van der Waals surface area contributed by atoms with Gasteiger partial charge in [-0.3, -0.25) is 4.72 Å². The van der Waals surface area contributed by atoms with Gasteiger partial charge < -0.3 is 5.11 Å². The molecular weight excluding hydrogens is 304 g/mol. The van der Waals surface area contributed by atoms with Crippen molar-refractivity contribution in [2.45, 2.75) is 4.90 Å². The van der Waals surface area contributed by atoms with Crippen molar-refractivity contribution < 1.29 is 18.3 Å². The van der Waals surface area contributed by atoms with Crippen LogP contribution in [0.1, 0.15) is 10.4 Å². The third-order valence-electron chi connectivity index (χ3n) is 2.41. The summed E-state index contributed by atoms with van der Waals surface area (Å²) in [5, 5.41) is 9.04. The molecular formula is C12H9ClN2O4S. The maximum Gasteiger partial charge on any atom is 0.337 e. The summed E-state index contributed by atoms with van der Waals surface area (Å²) in [6.45, 7) is 0. The van der Waals surface area contributed by atoms with Crippen LogP contribution < -0.4 is 4.72 Å². The molecule has 104 valence electrons.